The summed E-state index contributed by atoms with van der Waals surface area (Å²) in [6, 6.07) is 16.0. The van der Waals surface area contributed by atoms with E-state index in [-0.39, 0.29) is 5.63 Å². The van der Waals surface area contributed by atoms with Crippen LogP contribution in [0.1, 0.15) is 0 Å². The number of anilines is 1. The Hall–Kier alpha value is -3.44. The van der Waals surface area contributed by atoms with Gasteiger partial charge in [-0.05, 0) is 41.1 Å². The number of pyridine rings is 1. The van der Waals surface area contributed by atoms with Crippen LogP contribution in [0.3, 0.4) is 0 Å². The summed E-state index contributed by atoms with van der Waals surface area (Å²) >= 11 is 0. The predicted molar refractivity (Wildman–Crippen MR) is 117 cm³/mol. The van der Waals surface area contributed by atoms with Crippen LogP contribution in [0, 0.1) is 0 Å². The lowest BCUT2D eigenvalue weighted by atomic mass is 10.0. The molecule has 0 unspecified atom stereocenters. The Balaban J connectivity index is 0.000000331. The molecule has 174 valence electrons. The van der Waals surface area contributed by atoms with Gasteiger partial charge in [0.15, 0.2) is 22.5 Å². The van der Waals surface area contributed by atoms with Crippen molar-refractivity contribution in [2.24, 2.45) is 7.05 Å². The Morgan fingerprint density at radius 1 is 0.939 bits per heavy atom. The van der Waals surface area contributed by atoms with E-state index in [1.54, 1.807) is 0 Å². The first-order chi connectivity index (χ1) is 15.3. The van der Waals surface area contributed by atoms with Crippen LogP contribution in [0.5, 0.6) is 0 Å². The Morgan fingerprint density at radius 3 is 2.09 bits per heavy atom. The minimum absolute atomic E-state index is 0.315. The van der Waals surface area contributed by atoms with E-state index in [1.807, 2.05) is 62.4 Å². The van der Waals surface area contributed by atoms with E-state index in [9.17, 15) is 18.0 Å². The number of rotatable bonds is 2. The summed E-state index contributed by atoms with van der Waals surface area (Å²) in [5.74, 6) is 0. The summed E-state index contributed by atoms with van der Waals surface area (Å²) in [6.45, 7) is 0. The maximum absolute atomic E-state index is 12.4. The van der Waals surface area contributed by atoms with Crippen molar-refractivity contribution in [1.82, 2.24) is 0 Å². The number of alkyl halides is 3. The molecule has 0 amide bonds. The second-order valence-corrected chi connectivity index (χ2v) is 8.79. The molecule has 11 heteroatoms. The molecule has 0 spiro atoms. The normalized spacial score (nSPS) is 11.8. The third-order valence-electron chi connectivity index (χ3n) is 4.76. The maximum atomic E-state index is 12.4. The molecule has 0 aliphatic rings. The van der Waals surface area contributed by atoms with Gasteiger partial charge in [0.05, 0.1) is 5.56 Å². The largest absolute Gasteiger partial charge is 0.741 e. The maximum Gasteiger partial charge on any atom is 0.485 e. The van der Waals surface area contributed by atoms with Crippen molar-refractivity contribution in [2.45, 2.75) is 5.51 Å². The summed E-state index contributed by atoms with van der Waals surface area (Å²) in [4.78, 5) is 14.5. The van der Waals surface area contributed by atoms with Crippen molar-refractivity contribution in [3.05, 3.63) is 71.3 Å². The van der Waals surface area contributed by atoms with Crippen LogP contribution >= 0.6 is 0 Å². The lowest BCUT2D eigenvalue weighted by Gasteiger charge is -2.13. The molecule has 0 saturated heterocycles. The molecule has 4 rings (SSSR count). The second kappa shape index (κ2) is 8.83. The van der Waals surface area contributed by atoms with E-state index in [0.29, 0.717) is 11.1 Å². The van der Waals surface area contributed by atoms with Crippen molar-refractivity contribution >= 4 is 37.5 Å². The van der Waals surface area contributed by atoms with Crippen LogP contribution in [-0.2, 0) is 17.2 Å². The minimum atomic E-state index is -6.09. The van der Waals surface area contributed by atoms with E-state index in [4.69, 9.17) is 17.4 Å². The first kappa shape index (κ1) is 24.2. The number of benzene rings is 2. The van der Waals surface area contributed by atoms with Crippen LogP contribution in [0.4, 0.5) is 18.9 Å². The molecule has 0 saturated carbocycles. The molecule has 0 bridgehead atoms. The van der Waals surface area contributed by atoms with Crippen molar-refractivity contribution in [3.63, 3.8) is 0 Å². The standard InChI is InChI=1S/C21H19N2O2.CHF3O3S/c1-22(2)18-5-4-15-10-17-12-19(14-6-8-23(3)9-7-14)21(24)25-20(17)13-16(15)11-18;2-1(3,4)8(5,6)7/h4-13H,1-3H3;(H,5,6,7)/q+1;/p-1. The summed E-state index contributed by atoms with van der Waals surface area (Å²) in [6.07, 6.45) is 3.84. The second-order valence-electron chi connectivity index (χ2n) is 7.42. The van der Waals surface area contributed by atoms with Gasteiger partial charge in [-0.25, -0.2) is 17.8 Å². The highest BCUT2D eigenvalue weighted by molar-refractivity contribution is 7.86. The molecule has 0 atom stereocenters. The van der Waals surface area contributed by atoms with Gasteiger partial charge in [0.1, 0.15) is 12.6 Å². The van der Waals surface area contributed by atoms with E-state index < -0.39 is 15.6 Å². The summed E-state index contributed by atoms with van der Waals surface area (Å²) in [5.41, 5.74) is -2.80. The fourth-order valence-corrected chi connectivity index (χ4v) is 3.01. The highest BCUT2D eigenvalue weighted by atomic mass is 32.2. The third kappa shape index (κ3) is 5.49. The average Bonchev–Trinajstić information content (AvgIpc) is 2.71. The van der Waals surface area contributed by atoms with Crippen LogP contribution in [0.15, 0.2) is 70.1 Å². The molecule has 2 aromatic carbocycles. The quantitative estimate of drug-likeness (QED) is 0.143. The summed E-state index contributed by atoms with van der Waals surface area (Å²) in [5, 5.41) is 3.10. The number of nitrogens with zero attached hydrogens (tertiary/aromatic N) is 2. The molecule has 0 N–H and O–H groups in total. The molecule has 0 fully saturated rings. The van der Waals surface area contributed by atoms with Gasteiger partial charge < -0.3 is 13.9 Å². The van der Waals surface area contributed by atoms with Gasteiger partial charge >= 0.3 is 11.1 Å². The number of fused-ring (bicyclic) bond motifs is 2. The zero-order valence-corrected chi connectivity index (χ0v) is 18.6. The lowest BCUT2D eigenvalue weighted by molar-refractivity contribution is -0.671. The first-order valence-corrected chi connectivity index (χ1v) is 10.8. The minimum Gasteiger partial charge on any atom is -0.741 e. The Kier molecular flexibility index (Phi) is 6.48. The van der Waals surface area contributed by atoms with Crippen LogP contribution < -0.4 is 15.1 Å². The molecule has 7 nitrogen and oxygen atoms in total. The van der Waals surface area contributed by atoms with Crippen molar-refractivity contribution in [2.75, 3.05) is 19.0 Å². The molecular weight excluding hydrogens is 461 g/mol. The van der Waals surface area contributed by atoms with Gasteiger partial charge in [-0.15, -0.1) is 0 Å². The number of aromatic nitrogens is 1. The molecule has 0 radical (unpaired) electrons. The van der Waals surface area contributed by atoms with Crippen LogP contribution in [0.25, 0.3) is 32.9 Å². The van der Waals surface area contributed by atoms with Gasteiger partial charge in [0.2, 0.25) is 0 Å². The molecule has 2 aromatic heterocycles. The van der Waals surface area contributed by atoms with Crippen molar-refractivity contribution in [1.29, 1.82) is 0 Å². The Labute approximate surface area is 187 Å². The smallest absolute Gasteiger partial charge is 0.485 e. The average molecular weight is 480 g/mol. The van der Waals surface area contributed by atoms with E-state index in [2.05, 4.69) is 29.2 Å². The predicted octanol–water partition coefficient (Wildman–Crippen LogP) is 3.56. The Morgan fingerprint density at radius 2 is 1.55 bits per heavy atom. The fourth-order valence-electron chi connectivity index (χ4n) is 3.01. The van der Waals surface area contributed by atoms with E-state index in [0.717, 1.165) is 27.4 Å². The Bertz CT molecular complexity index is 1480. The van der Waals surface area contributed by atoms with Crippen molar-refractivity contribution < 1.29 is 35.1 Å². The van der Waals surface area contributed by atoms with Gasteiger partial charge in [0, 0.05) is 42.9 Å². The molecule has 0 aliphatic carbocycles. The van der Waals surface area contributed by atoms with E-state index in [1.165, 1.54) is 0 Å². The highest BCUT2D eigenvalue weighted by Gasteiger charge is 2.36. The number of aryl methyl sites for hydroxylation is 1. The topological polar surface area (TPSA) is 94.5 Å². The lowest BCUT2D eigenvalue weighted by Crippen LogP contribution is -2.25. The summed E-state index contributed by atoms with van der Waals surface area (Å²) < 4.78 is 66.4. The molecular formula is C22H19F3N2O5S. The third-order valence-corrected chi connectivity index (χ3v) is 5.33. The highest BCUT2D eigenvalue weighted by Crippen LogP contribution is 2.28. The molecule has 33 heavy (non-hydrogen) atoms. The number of hydrogen-bond donors (Lipinski definition) is 0. The zero-order chi connectivity index (χ0) is 24.6. The molecule has 0 aliphatic heterocycles. The van der Waals surface area contributed by atoms with Gasteiger partial charge in [0.25, 0.3) is 0 Å². The van der Waals surface area contributed by atoms with Crippen LogP contribution in [0.2, 0.25) is 0 Å². The SMILES string of the molecule is CN(C)c1ccc2cc3cc(-c4cc[n+](C)cc4)c(=O)oc3cc2c1.O=S(=O)([O-])C(F)(F)F. The van der Waals surface area contributed by atoms with Gasteiger partial charge in [-0.3, -0.25) is 0 Å². The molecule has 4 aromatic rings. The molecule has 2 heterocycles. The van der Waals surface area contributed by atoms with Gasteiger partial charge in [-0.1, -0.05) is 6.07 Å². The number of halogens is 3. The van der Waals surface area contributed by atoms with E-state index >= 15 is 0 Å². The number of hydrogen-bond acceptors (Lipinski definition) is 6. The first-order valence-electron chi connectivity index (χ1n) is 9.43. The van der Waals surface area contributed by atoms with Gasteiger partial charge in [-0.2, -0.15) is 13.2 Å². The van der Waals surface area contributed by atoms with Crippen molar-refractivity contribution in [3.8, 4) is 11.1 Å². The monoisotopic (exact) mass is 480 g/mol. The zero-order valence-electron chi connectivity index (χ0n) is 17.8. The summed E-state index contributed by atoms with van der Waals surface area (Å²) in [7, 11) is -0.128. The fraction of sp³-hybridized carbons (Fsp3) is 0.182. The van der Waals surface area contributed by atoms with Crippen LogP contribution in [-0.4, -0.2) is 32.6 Å².